The minimum atomic E-state index is -1.00. The monoisotopic (exact) mass is 345 g/mol. The van der Waals surface area contributed by atoms with Gasteiger partial charge in [-0.05, 0) is 44.4 Å². The van der Waals surface area contributed by atoms with Gasteiger partial charge >= 0.3 is 0 Å². The molecule has 2 aliphatic heterocycles. The van der Waals surface area contributed by atoms with Crippen LogP contribution in [0.25, 0.3) is 0 Å². The van der Waals surface area contributed by atoms with Crippen molar-refractivity contribution >= 4 is 0 Å². The van der Waals surface area contributed by atoms with Gasteiger partial charge in [-0.25, -0.2) is 0 Å². The predicted molar refractivity (Wildman–Crippen MR) is 96.0 cm³/mol. The molecule has 2 atom stereocenters. The first kappa shape index (κ1) is 17.9. The number of hydrogen-bond donors (Lipinski definition) is 1. The molecule has 2 heterocycles. The lowest BCUT2D eigenvalue weighted by atomic mass is 9.89. The summed E-state index contributed by atoms with van der Waals surface area (Å²) in [5, 5.41) is 10.6. The topological polar surface area (TPSA) is 51.2 Å². The molecule has 0 aromatic heterocycles. The van der Waals surface area contributed by atoms with Crippen molar-refractivity contribution in [1.82, 2.24) is 4.90 Å². The fourth-order valence-electron chi connectivity index (χ4n) is 3.69. The van der Waals surface area contributed by atoms with Crippen LogP contribution in [-0.2, 0) is 6.42 Å². The van der Waals surface area contributed by atoms with Crippen LogP contribution in [-0.4, -0.2) is 43.1 Å². The molecule has 1 N–H and O–H groups in total. The van der Waals surface area contributed by atoms with Gasteiger partial charge in [-0.3, -0.25) is 4.90 Å². The van der Waals surface area contributed by atoms with Crippen LogP contribution in [0.1, 0.15) is 44.4 Å². The minimum absolute atomic E-state index is 0.146. The second-order valence-corrected chi connectivity index (χ2v) is 7.49. The van der Waals surface area contributed by atoms with Crippen LogP contribution in [0.3, 0.4) is 0 Å². The standard InChI is InChI=1S/C20H27NO4/c1-13(2)11-20(3,22)8-6-15-17-14(7-9-21(15)4)10-16-18(19(17)23-5)25-12-24-16/h10,13,15,22H,7,9,11-12H2,1-5H3/t15-,20-/m1/s1. The van der Waals surface area contributed by atoms with Crippen molar-refractivity contribution in [3.8, 4) is 29.1 Å². The molecule has 0 fully saturated rings. The molecule has 136 valence electrons. The van der Waals surface area contributed by atoms with E-state index < -0.39 is 5.60 Å². The molecule has 5 heteroatoms. The normalized spacial score (nSPS) is 21.3. The highest BCUT2D eigenvalue weighted by molar-refractivity contribution is 5.63. The maximum Gasteiger partial charge on any atom is 0.231 e. The third-order valence-corrected chi connectivity index (χ3v) is 4.68. The average molecular weight is 345 g/mol. The fourth-order valence-corrected chi connectivity index (χ4v) is 3.69. The van der Waals surface area contributed by atoms with Crippen molar-refractivity contribution in [3.05, 3.63) is 17.2 Å². The zero-order valence-corrected chi connectivity index (χ0v) is 15.7. The van der Waals surface area contributed by atoms with E-state index in [1.807, 2.05) is 13.1 Å². The van der Waals surface area contributed by atoms with E-state index in [0.29, 0.717) is 23.8 Å². The molecule has 0 radical (unpaired) electrons. The van der Waals surface area contributed by atoms with Crippen LogP contribution in [0.15, 0.2) is 6.07 Å². The predicted octanol–water partition coefficient (Wildman–Crippen LogP) is 2.75. The van der Waals surface area contributed by atoms with Crippen LogP contribution in [0.2, 0.25) is 0 Å². The largest absolute Gasteiger partial charge is 0.492 e. The van der Waals surface area contributed by atoms with Gasteiger partial charge < -0.3 is 19.3 Å². The summed E-state index contributed by atoms with van der Waals surface area (Å²) < 4.78 is 16.8. The summed E-state index contributed by atoms with van der Waals surface area (Å²) >= 11 is 0. The highest BCUT2D eigenvalue weighted by Gasteiger charge is 2.33. The molecular formula is C20H27NO4. The van der Waals surface area contributed by atoms with Gasteiger partial charge in [-0.1, -0.05) is 25.7 Å². The zero-order valence-electron chi connectivity index (χ0n) is 15.7. The summed E-state index contributed by atoms with van der Waals surface area (Å²) in [4.78, 5) is 2.19. The number of likely N-dealkylation sites (N-methyl/N-ethyl adjacent to an activating group) is 1. The first-order valence-electron chi connectivity index (χ1n) is 8.77. The van der Waals surface area contributed by atoms with E-state index in [1.165, 1.54) is 5.56 Å². The van der Waals surface area contributed by atoms with Crippen molar-refractivity contribution in [2.24, 2.45) is 5.92 Å². The van der Waals surface area contributed by atoms with Gasteiger partial charge in [0.1, 0.15) is 11.6 Å². The maximum absolute atomic E-state index is 10.6. The number of methoxy groups -OCH3 is 1. The number of benzene rings is 1. The average Bonchev–Trinajstić information content (AvgIpc) is 2.98. The molecule has 1 aromatic rings. The maximum atomic E-state index is 10.6. The Balaban J connectivity index is 2.03. The summed E-state index contributed by atoms with van der Waals surface area (Å²) in [5.74, 6) is 8.83. The van der Waals surface area contributed by atoms with Crippen molar-refractivity contribution in [1.29, 1.82) is 0 Å². The van der Waals surface area contributed by atoms with Gasteiger partial charge in [0.25, 0.3) is 0 Å². The molecule has 0 aliphatic carbocycles. The molecule has 2 aliphatic rings. The molecule has 0 saturated carbocycles. The quantitative estimate of drug-likeness (QED) is 0.854. The van der Waals surface area contributed by atoms with Crippen LogP contribution < -0.4 is 14.2 Å². The van der Waals surface area contributed by atoms with Crippen LogP contribution >= 0.6 is 0 Å². The SMILES string of the molecule is COc1c2c(cc3c1[C@@H](C#C[C@@](C)(O)CC(C)C)N(C)CC3)OCO2. The number of aliphatic hydroxyl groups is 1. The van der Waals surface area contributed by atoms with E-state index in [-0.39, 0.29) is 12.8 Å². The molecule has 0 amide bonds. The van der Waals surface area contributed by atoms with Crippen LogP contribution in [0.4, 0.5) is 0 Å². The summed E-state index contributed by atoms with van der Waals surface area (Å²) in [6.45, 7) is 7.05. The van der Waals surface area contributed by atoms with Gasteiger partial charge in [0.05, 0.1) is 7.11 Å². The lowest BCUT2D eigenvalue weighted by Crippen LogP contribution is -2.32. The summed E-state index contributed by atoms with van der Waals surface area (Å²) in [6, 6.07) is 1.89. The first-order valence-corrected chi connectivity index (χ1v) is 8.77. The van der Waals surface area contributed by atoms with E-state index in [0.717, 1.165) is 24.3 Å². The number of ether oxygens (including phenoxy) is 3. The fraction of sp³-hybridized carbons (Fsp3) is 0.600. The Kier molecular flexibility index (Phi) is 4.86. The highest BCUT2D eigenvalue weighted by atomic mass is 16.7. The van der Waals surface area contributed by atoms with Crippen LogP contribution in [0, 0.1) is 17.8 Å². The van der Waals surface area contributed by atoms with Crippen molar-refractivity contribution in [3.63, 3.8) is 0 Å². The summed E-state index contributed by atoms with van der Waals surface area (Å²) in [7, 11) is 3.69. The lowest BCUT2D eigenvalue weighted by molar-refractivity contribution is 0.0971. The molecule has 5 nitrogen and oxygen atoms in total. The molecule has 0 unspecified atom stereocenters. The number of nitrogens with zero attached hydrogens (tertiary/aromatic N) is 1. The van der Waals surface area contributed by atoms with E-state index in [1.54, 1.807) is 14.0 Å². The molecule has 0 saturated heterocycles. The Morgan fingerprint density at radius 1 is 1.44 bits per heavy atom. The second kappa shape index (κ2) is 6.78. The summed E-state index contributed by atoms with van der Waals surface area (Å²) in [6.07, 6.45) is 1.54. The van der Waals surface area contributed by atoms with E-state index in [9.17, 15) is 5.11 Å². The van der Waals surface area contributed by atoms with Crippen molar-refractivity contribution in [2.45, 2.75) is 45.3 Å². The van der Waals surface area contributed by atoms with Crippen molar-refractivity contribution < 1.29 is 19.3 Å². The second-order valence-electron chi connectivity index (χ2n) is 7.49. The molecule has 25 heavy (non-hydrogen) atoms. The molecule has 0 spiro atoms. The van der Waals surface area contributed by atoms with E-state index >= 15 is 0 Å². The number of rotatable bonds is 3. The highest BCUT2D eigenvalue weighted by Crippen LogP contribution is 2.49. The van der Waals surface area contributed by atoms with Gasteiger partial charge in [0, 0.05) is 12.1 Å². The van der Waals surface area contributed by atoms with Gasteiger partial charge in [-0.15, -0.1) is 0 Å². The van der Waals surface area contributed by atoms with Crippen LogP contribution in [0.5, 0.6) is 17.2 Å². The van der Waals surface area contributed by atoms with Gasteiger partial charge in [-0.2, -0.15) is 0 Å². The summed E-state index contributed by atoms with van der Waals surface area (Å²) in [5.41, 5.74) is 1.19. The third kappa shape index (κ3) is 3.56. The lowest BCUT2D eigenvalue weighted by Gasteiger charge is -2.33. The molecule has 0 bridgehead atoms. The Labute approximate surface area is 149 Å². The zero-order chi connectivity index (χ0) is 18.2. The van der Waals surface area contributed by atoms with Gasteiger partial charge in [0.2, 0.25) is 12.5 Å². The smallest absolute Gasteiger partial charge is 0.231 e. The number of fused-ring (bicyclic) bond motifs is 2. The van der Waals surface area contributed by atoms with E-state index in [4.69, 9.17) is 14.2 Å². The molecular weight excluding hydrogens is 318 g/mol. The third-order valence-electron chi connectivity index (χ3n) is 4.68. The Morgan fingerprint density at radius 2 is 2.20 bits per heavy atom. The Hall–Kier alpha value is -1.90. The Bertz CT molecular complexity index is 715. The Morgan fingerprint density at radius 3 is 2.88 bits per heavy atom. The van der Waals surface area contributed by atoms with E-state index in [2.05, 4.69) is 30.6 Å². The number of hydrogen-bond acceptors (Lipinski definition) is 5. The molecule has 1 aromatic carbocycles. The van der Waals surface area contributed by atoms with Gasteiger partial charge in [0.15, 0.2) is 11.5 Å². The molecule has 3 rings (SSSR count). The van der Waals surface area contributed by atoms with Crippen molar-refractivity contribution in [2.75, 3.05) is 27.5 Å². The minimum Gasteiger partial charge on any atom is -0.492 e. The first-order chi connectivity index (χ1) is 11.8.